The molecule has 0 atom stereocenters. The van der Waals surface area contributed by atoms with E-state index < -0.39 is 0 Å². The summed E-state index contributed by atoms with van der Waals surface area (Å²) in [5.41, 5.74) is 6.61. The van der Waals surface area contributed by atoms with Gasteiger partial charge in [-0.1, -0.05) is 90.1 Å². The summed E-state index contributed by atoms with van der Waals surface area (Å²) in [6, 6.07) is 32.0. The molecule has 1 N–H and O–H groups in total. The van der Waals surface area contributed by atoms with Crippen LogP contribution in [0.15, 0.2) is 118 Å². The Hall–Kier alpha value is -4.20. The predicted molar refractivity (Wildman–Crippen MR) is 151 cm³/mol. The highest BCUT2D eigenvalue weighted by Gasteiger charge is 2.14. The lowest BCUT2D eigenvalue weighted by Crippen LogP contribution is -2.24. The van der Waals surface area contributed by atoms with Gasteiger partial charge in [-0.05, 0) is 53.1 Å². The number of rotatable bonds is 7. The minimum Gasteiger partial charge on any atom is -0.272 e. The van der Waals surface area contributed by atoms with Gasteiger partial charge in [0.2, 0.25) is 0 Å². The number of nitrogens with zero attached hydrogens (tertiary/aromatic N) is 3. The fourth-order valence-corrected chi connectivity index (χ4v) is 4.69. The second-order valence-corrected chi connectivity index (χ2v) is 9.48. The largest absolute Gasteiger partial charge is 0.272 e. The number of aromatic nitrogens is 2. The van der Waals surface area contributed by atoms with E-state index in [1.54, 1.807) is 48.7 Å². The monoisotopic (exact) mass is 524 g/mol. The van der Waals surface area contributed by atoms with E-state index in [-0.39, 0.29) is 17.2 Å². The van der Waals surface area contributed by atoms with Crippen LogP contribution < -0.4 is 11.0 Å². The van der Waals surface area contributed by atoms with Crippen molar-refractivity contribution in [1.29, 1.82) is 0 Å². The molecule has 37 heavy (non-hydrogen) atoms. The lowest BCUT2D eigenvalue weighted by Gasteiger charge is -2.13. The Bertz CT molecular complexity index is 1630. The zero-order valence-corrected chi connectivity index (χ0v) is 21.1. The first-order valence-corrected chi connectivity index (χ1v) is 12.8. The summed E-state index contributed by atoms with van der Waals surface area (Å²) in [5.74, 6) is -0.282. The van der Waals surface area contributed by atoms with E-state index in [1.807, 2.05) is 48.5 Å². The number of hydrogen-bond donors (Lipinski definition) is 1. The molecule has 0 unspecified atom stereocenters. The van der Waals surface area contributed by atoms with Gasteiger partial charge < -0.3 is 0 Å². The van der Waals surface area contributed by atoms with Crippen molar-refractivity contribution in [3.63, 3.8) is 0 Å². The van der Waals surface area contributed by atoms with Crippen molar-refractivity contribution in [2.45, 2.75) is 5.16 Å². The normalized spacial score (nSPS) is 11.2. The van der Waals surface area contributed by atoms with Crippen molar-refractivity contribution in [2.24, 2.45) is 5.10 Å². The zero-order valence-electron chi connectivity index (χ0n) is 19.5. The van der Waals surface area contributed by atoms with Crippen LogP contribution in [0.25, 0.3) is 27.7 Å². The second kappa shape index (κ2) is 11.2. The van der Waals surface area contributed by atoms with Crippen molar-refractivity contribution >= 4 is 46.4 Å². The average molecular weight is 525 g/mol. The molecule has 0 bridgehead atoms. The number of para-hydroxylation sites is 1. The lowest BCUT2D eigenvalue weighted by atomic mass is 10.0. The van der Waals surface area contributed by atoms with Crippen LogP contribution >= 0.6 is 23.4 Å². The van der Waals surface area contributed by atoms with E-state index in [0.717, 1.165) is 28.5 Å². The third-order valence-corrected chi connectivity index (χ3v) is 6.77. The van der Waals surface area contributed by atoms with Gasteiger partial charge in [0.25, 0.3) is 11.5 Å². The number of carbonyl (C=O) groups excluding carboxylic acids is 1. The van der Waals surface area contributed by atoms with Crippen molar-refractivity contribution < 1.29 is 4.79 Å². The van der Waals surface area contributed by atoms with Crippen molar-refractivity contribution in [3.8, 4) is 16.8 Å². The van der Waals surface area contributed by atoms with Gasteiger partial charge in [-0.25, -0.2) is 10.4 Å². The van der Waals surface area contributed by atoms with E-state index >= 15 is 0 Å². The first-order valence-electron chi connectivity index (χ1n) is 11.5. The van der Waals surface area contributed by atoms with E-state index in [1.165, 1.54) is 4.57 Å². The fraction of sp³-hybridized carbons (Fsp3) is 0.0345. The molecule has 4 aromatic carbocycles. The van der Waals surface area contributed by atoms with Crippen LogP contribution in [0.4, 0.5) is 0 Å². The van der Waals surface area contributed by atoms with E-state index in [4.69, 9.17) is 11.6 Å². The summed E-state index contributed by atoms with van der Waals surface area (Å²) in [4.78, 5) is 30.4. The van der Waals surface area contributed by atoms with Crippen molar-refractivity contribution in [3.05, 3.63) is 124 Å². The van der Waals surface area contributed by atoms with Gasteiger partial charge in [0.1, 0.15) is 0 Å². The van der Waals surface area contributed by atoms with Crippen molar-refractivity contribution in [1.82, 2.24) is 15.0 Å². The molecule has 1 aromatic heterocycles. The Balaban J connectivity index is 1.29. The summed E-state index contributed by atoms with van der Waals surface area (Å²) < 4.78 is 1.49. The highest BCUT2D eigenvalue weighted by atomic mass is 35.5. The molecule has 5 aromatic rings. The van der Waals surface area contributed by atoms with Crippen LogP contribution in [0.2, 0.25) is 5.02 Å². The first-order chi connectivity index (χ1) is 18.1. The topological polar surface area (TPSA) is 76.3 Å². The minimum atomic E-state index is -0.313. The molecule has 6 nitrogen and oxygen atoms in total. The number of amides is 1. The first kappa shape index (κ1) is 24.5. The van der Waals surface area contributed by atoms with E-state index in [0.29, 0.717) is 26.8 Å². The molecule has 0 aliphatic carbocycles. The van der Waals surface area contributed by atoms with Crippen molar-refractivity contribution in [2.75, 3.05) is 5.75 Å². The molecule has 182 valence electrons. The van der Waals surface area contributed by atoms with Gasteiger partial charge in [-0.15, -0.1) is 0 Å². The second-order valence-electron chi connectivity index (χ2n) is 8.10. The molecule has 8 heteroatoms. The summed E-state index contributed by atoms with van der Waals surface area (Å²) in [7, 11) is 0. The third-order valence-electron chi connectivity index (χ3n) is 5.58. The molecule has 0 saturated heterocycles. The molecule has 0 aliphatic rings. The number of nitrogens with one attached hydrogen (secondary N) is 1. The maximum atomic E-state index is 13.3. The summed E-state index contributed by atoms with van der Waals surface area (Å²) >= 11 is 7.19. The predicted octanol–water partition coefficient (Wildman–Crippen LogP) is 5.95. The standard InChI is InChI=1S/C29H21ClN4O2S/c30-23-14-16-24(17-15-23)34-28(36)25-8-4-5-9-26(25)32-29(34)37-19-27(35)33-31-18-20-10-12-22(13-11-20)21-6-2-1-3-7-21/h1-18H,19H2,(H,33,35). The van der Waals surface area contributed by atoms with Gasteiger partial charge in [0.15, 0.2) is 5.16 Å². The Morgan fingerprint density at radius 1 is 0.892 bits per heavy atom. The van der Waals surface area contributed by atoms with E-state index in [2.05, 4.69) is 27.6 Å². The van der Waals surface area contributed by atoms with Crippen LogP contribution in [0.1, 0.15) is 5.56 Å². The number of hydrazone groups is 1. The molecule has 0 fully saturated rings. The Morgan fingerprint density at radius 2 is 1.57 bits per heavy atom. The van der Waals surface area contributed by atoms with Gasteiger partial charge in [0, 0.05) is 5.02 Å². The molecular weight excluding hydrogens is 504 g/mol. The number of hydrogen-bond acceptors (Lipinski definition) is 5. The number of halogens is 1. The summed E-state index contributed by atoms with van der Waals surface area (Å²) in [6.45, 7) is 0. The van der Waals surface area contributed by atoms with Crippen LogP contribution in [-0.2, 0) is 4.79 Å². The van der Waals surface area contributed by atoms with Crippen LogP contribution in [0.3, 0.4) is 0 Å². The number of benzene rings is 4. The molecule has 0 radical (unpaired) electrons. The quantitative estimate of drug-likeness (QED) is 0.123. The molecular formula is C29H21ClN4O2S. The summed E-state index contributed by atoms with van der Waals surface area (Å²) in [6.07, 6.45) is 1.59. The Kier molecular flexibility index (Phi) is 7.44. The zero-order chi connectivity index (χ0) is 25.6. The van der Waals surface area contributed by atoms with Crippen LogP contribution in [0.5, 0.6) is 0 Å². The fourth-order valence-electron chi connectivity index (χ4n) is 3.76. The lowest BCUT2D eigenvalue weighted by molar-refractivity contribution is -0.118. The number of fused-ring (bicyclic) bond motifs is 1. The van der Waals surface area contributed by atoms with Gasteiger partial charge in [0.05, 0.1) is 28.6 Å². The minimum absolute atomic E-state index is 0.0304. The molecule has 1 amide bonds. The van der Waals surface area contributed by atoms with Crippen LogP contribution in [-0.4, -0.2) is 27.4 Å². The Morgan fingerprint density at radius 3 is 2.32 bits per heavy atom. The number of thioether (sulfide) groups is 1. The molecule has 5 rings (SSSR count). The Labute approximate surface area is 222 Å². The smallest absolute Gasteiger partial charge is 0.266 e. The SMILES string of the molecule is O=C(CSc1nc2ccccc2c(=O)n1-c1ccc(Cl)cc1)NN=Cc1ccc(-c2ccccc2)cc1. The molecule has 0 spiro atoms. The summed E-state index contributed by atoms with van der Waals surface area (Å²) in [5, 5.41) is 5.53. The highest BCUT2D eigenvalue weighted by molar-refractivity contribution is 7.99. The molecule has 0 saturated carbocycles. The van der Waals surface area contributed by atoms with E-state index in [9.17, 15) is 9.59 Å². The third kappa shape index (κ3) is 5.80. The van der Waals surface area contributed by atoms with Gasteiger partial charge >= 0.3 is 0 Å². The number of carbonyl (C=O) groups is 1. The van der Waals surface area contributed by atoms with Gasteiger partial charge in [-0.2, -0.15) is 5.10 Å². The maximum absolute atomic E-state index is 13.3. The van der Waals surface area contributed by atoms with Gasteiger partial charge in [-0.3, -0.25) is 14.2 Å². The highest BCUT2D eigenvalue weighted by Crippen LogP contribution is 2.22. The molecule has 1 heterocycles. The molecule has 0 aliphatic heterocycles. The van der Waals surface area contributed by atoms with Crippen LogP contribution in [0, 0.1) is 0 Å². The average Bonchev–Trinajstić information content (AvgIpc) is 2.94. The maximum Gasteiger partial charge on any atom is 0.266 e.